The van der Waals surface area contributed by atoms with Crippen molar-refractivity contribution >= 4 is 11.0 Å². The van der Waals surface area contributed by atoms with E-state index in [1.807, 2.05) is 0 Å². The van der Waals surface area contributed by atoms with E-state index in [0.29, 0.717) is 13.1 Å². The lowest BCUT2D eigenvalue weighted by molar-refractivity contribution is 0.206. The minimum atomic E-state index is -0.757. The van der Waals surface area contributed by atoms with Crippen molar-refractivity contribution in [2.45, 2.75) is 25.4 Å². The van der Waals surface area contributed by atoms with E-state index in [2.05, 4.69) is 9.88 Å². The van der Waals surface area contributed by atoms with Crippen LogP contribution in [0.2, 0.25) is 0 Å². The van der Waals surface area contributed by atoms with E-state index in [1.54, 1.807) is 0 Å². The third-order valence-corrected chi connectivity index (χ3v) is 4.14. The predicted octanol–water partition coefficient (Wildman–Crippen LogP) is 1.10. The maximum absolute atomic E-state index is 13.8. The molecule has 0 atom stereocenters. The summed E-state index contributed by atoms with van der Waals surface area (Å²) in [7, 11) is 0. The summed E-state index contributed by atoms with van der Waals surface area (Å²) in [4.78, 5) is 18.0. The van der Waals surface area contributed by atoms with Gasteiger partial charge in [0.15, 0.2) is 5.82 Å². The Labute approximate surface area is 126 Å². The molecular formula is C15H18F2N4O. The van der Waals surface area contributed by atoms with Crippen molar-refractivity contribution in [3.05, 3.63) is 40.3 Å². The summed E-state index contributed by atoms with van der Waals surface area (Å²) in [5.41, 5.74) is 5.72. The van der Waals surface area contributed by atoms with Crippen LogP contribution in [0.1, 0.15) is 12.8 Å². The highest BCUT2D eigenvalue weighted by atomic mass is 19.1. The number of nitrogens with zero attached hydrogens (tertiary/aromatic N) is 3. The van der Waals surface area contributed by atoms with Crippen LogP contribution >= 0.6 is 0 Å². The molecule has 0 bridgehead atoms. The number of benzene rings is 1. The van der Waals surface area contributed by atoms with Crippen LogP contribution in [-0.2, 0) is 6.54 Å². The summed E-state index contributed by atoms with van der Waals surface area (Å²) in [6, 6.07) is 2.17. The average Bonchev–Trinajstić information content (AvgIpc) is 2.47. The van der Waals surface area contributed by atoms with Crippen LogP contribution in [0.5, 0.6) is 0 Å². The molecule has 3 rings (SSSR count). The first-order chi connectivity index (χ1) is 10.5. The molecule has 118 valence electrons. The van der Waals surface area contributed by atoms with E-state index in [4.69, 9.17) is 5.73 Å². The summed E-state index contributed by atoms with van der Waals surface area (Å²) < 4.78 is 28.6. The highest BCUT2D eigenvalue weighted by Crippen LogP contribution is 2.16. The second kappa shape index (κ2) is 6.10. The number of nitrogens with two attached hydrogens (primary N) is 1. The van der Waals surface area contributed by atoms with Gasteiger partial charge in [0.1, 0.15) is 11.3 Å². The Balaban J connectivity index is 1.86. The number of piperidine rings is 1. The molecule has 2 heterocycles. The molecular weight excluding hydrogens is 290 g/mol. The van der Waals surface area contributed by atoms with Crippen LogP contribution in [0, 0.1) is 11.6 Å². The molecule has 1 fully saturated rings. The molecule has 5 nitrogen and oxygen atoms in total. The summed E-state index contributed by atoms with van der Waals surface area (Å²) >= 11 is 0. The highest BCUT2D eigenvalue weighted by molar-refractivity contribution is 5.75. The van der Waals surface area contributed by atoms with Gasteiger partial charge in [-0.05, 0) is 25.9 Å². The van der Waals surface area contributed by atoms with Crippen LogP contribution in [0.25, 0.3) is 11.0 Å². The van der Waals surface area contributed by atoms with Gasteiger partial charge in [-0.15, -0.1) is 0 Å². The summed E-state index contributed by atoms with van der Waals surface area (Å²) in [5.74, 6) is -1.47. The Bertz CT molecular complexity index is 738. The van der Waals surface area contributed by atoms with E-state index < -0.39 is 11.6 Å². The first-order valence-corrected chi connectivity index (χ1v) is 7.37. The maximum Gasteiger partial charge on any atom is 0.269 e. The van der Waals surface area contributed by atoms with Gasteiger partial charge >= 0.3 is 0 Å². The molecule has 1 aromatic heterocycles. The lowest BCUT2D eigenvalue weighted by atomic mass is 10.1. The van der Waals surface area contributed by atoms with Crippen LogP contribution in [0.15, 0.2) is 23.1 Å². The maximum atomic E-state index is 13.8. The standard InChI is InChI=1S/C15H18F2N4O/c16-10-7-12(17)15-13(8-10)21(14(22)9-19-15)6-5-20-3-1-11(18)2-4-20/h7-9,11H,1-6,18H2. The van der Waals surface area contributed by atoms with E-state index in [0.717, 1.165) is 44.3 Å². The number of fused-ring (bicyclic) bond motifs is 1. The van der Waals surface area contributed by atoms with Gasteiger partial charge in [-0.2, -0.15) is 0 Å². The fraction of sp³-hybridized carbons (Fsp3) is 0.467. The zero-order valence-corrected chi connectivity index (χ0v) is 12.1. The minimum Gasteiger partial charge on any atom is -0.328 e. The Morgan fingerprint density at radius 2 is 1.95 bits per heavy atom. The van der Waals surface area contributed by atoms with Crippen LogP contribution < -0.4 is 11.3 Å². The van der Waals surface area contributed by atoms with Crippen molar-refractivity contribution in [1.82, 2.24) is 14.5 Å². The number of hydrogen-bond donors (Lipinski definition) is 1. The fourth-order valence-electron chi connectivity index (χ4n) is 2.84. The van der Waals surface area contributed by atoms with E-state index in [-0.39, 0.29) is 22.6 Å². The monoisotopic (exact) mass is 308 g/mol. The molecule has 0 amide bonds. The van der Waals surface area contributed by atoms with Crippen molar-refractivity contribution in [2.75, 3.05) is 19.6 Å². The number of hydrogen-bond acceptors (Lipinski definition) is 4. The SMILES string of the molecule is NC1CCN(CCn2c(=O)cnc3c(F)cc(F)cc32)CC1. The molecule has 22 heavy (non-hydrogen) atoms. The Morgan fingerprint density at radius 1 is 1.23 bits per heavy atom. The minimum absolute atomic E-state index is 0.0154. The van der Waals surface area contributed by atoms with Gasteiger partial charge in [-0.3, -0.25) is 4.79 Å². The quantitative estimate of drug-likeness (QED) is 0.922. The van der Waals surface area contributed by atoms with Crippen LogP contribution in [0.3, 0.4) is 0 Å². The third kappa shape index (κ3) is 3.00. The lowest BCUT2D eigenvalue weighted by Gasteiger charge is -2.30. The van der Waals surface area contributed by atoms with Crippen molar-refractivity contribution in [2.24, 2.45) is 5.73 Å². The first-order valence-electron chi connectivity index (χ1n) is 7.37. The molecule has 0 unspecified atom stereocenters. The van der Waals surface area contributed by atoms with Gasteiger partial charge in [0, 0.05) is 31.3 Å². The van der Waals surface area contributed by atoms with Gasteiger partial charge in [0.25, 0.3) is 5.56 Å². The largest absolute Gasteiger partial charge is 0.328 e. The van der Waals surface area contributed by atoms with Crippen molar-refractivity contribution in [3.63, 3.8) is 0 Å². The van der Waals surface area contributed by atoms with Crippen molar-refractivity contribution < 1.29 is 8.78 Å². The lowest BCUT2D eigenvalue weighted by Crippen LogP contribution is -2.41. The summed E-state index contributed by atoms with van der Waals surface area (Å²) in [6.07, 6.45) is 2.93. The third-order valence-electron chi connectivity index (χ3n) is 4.14. The molecule has 0 radical (unpaired) electrons. The number of likely N-dealkylation sites (tertiary alicyclic amines) is 1. The summed E-state index contributed by atoms with van der Waals surface area (Å²) in [5, 5.41) is 0. The number of aromatic nitrogens is 2. The summed E-state index contributed by atoms with van der Waals surface area (Å²) in [6.45, 7) is 2.77. The first kappa shape index (κ1) is 15.1. The Kier molecular flexibility index (Phi) is 4.17. The zero-order chi connectivity index (χ0) is 15.7. The van der Waals surface area contributed by atoms with E-state index >= 15 is 0 Å². The topological polar surface area (TPSA) is 64.2 Å². The second-order valence-corrected chi connectivity index (χ2v) is 5.68. The van der Waals surface area contributed by atoms with Gasteiger partial charge in [-0.25, -0.2) is 13.8 Å². The molecule has 7 heteroatoms. The van der Waals surface area contributed by atoms with Crippen LogP contribution in [0.4, 0.5) is 8.78 Å². The van der Waals surface area contributed by atoms with E-state index in [9.17, 15) is 13.6 Å². The molecule has 1 aliphatic rings. The molecule has 0 saturated carbocycles. The molecule has 1 aliphatic heterocycles. The molecule has 2 N–H and O–H groups in total. The van der Waals surface area contributed by atoms with Crippen molar-refractivity contribution in [3.8, 4) is 0 Å². The average molecular weight is 308 g/mol. The zero-order valence-electron chi connectivity index (χ0n) is 12.1. The van der Waals surface area contributed by atoms with Gasteiger partial charge in [0.2, 0.25) is 0 Å². The molecule has 0 spiro atoms. The Morgan fingerprint density at radius 3 is 2.68 bits per heavy atom. The fourth-order valence-corrected chi connectivity index (χ4v) is 2.84. The molecule has 2 aromatic rings. The van der Waals surface area contributed by atoms with Gasteiger partial charge < -0.3 is 15.2 Å². The van der Waals surface area contributed by atoms with Crippen LogP contribution in [-0.4, -0.2) is 40.1 Å². The smallest absolute Gasteiger partial charge is 0.269 e. The predicted molar refractivity (Wildman–Crippen MR) is 79.6 cm³/mol. The van der Waals surface area contributed by atoms with E-state index in [1.165, 1.54) is 4.57 Å². The molecule has 1 saturated heterocycles. The second-order valence-electron chi connectivity index (χ2n) is 5.68. The van der Waals surface area contributed by atoms with Gasteiger partial charge in [-0.1, -0.05) is 0 Å². The number of halogens is 2. The highest BCUT2D eigenvalue weighted by Gasteiger charge is 2.17. The number of rotatable bonds is 3. The molecule has 1 aromatic carbocycles. The Hall–Kier alpha value is -1.86. The molecule has 0 aliphatic carbocycles. The van der Waals surface area contributed by atoms with Crippen molar-refractivity contribution in [1.29, 1.82) is 0 Å². The van der Waals surface area contributed by atoms with Gasteiger partial charge in [0.05, 0.1) is 11.7 Å². The normalized spacial score (nSPS) is 17.2.